The molecule has 0 atom stereocenters. The maximum atomic E-state index is 12.8. The zero-order valence-corrected chi connectivity index (χ0v) is 15.9. The Labute approximate surface area is 154 Å². The van der Waals surface area contributed by atoms with E-state index in [1.165, 1.54) is 5.69 Å². The average Bonchev–Trinajstić information content (AvgIpc) is 3.05. The number of piperazine rings is 1. The molecule has 8 heteroatoms. The summed E-state index contributed by atoms with van der Waals surface area (Å²) in [5.41, 5.74) is 3.36. The van der Waals surface area contributed by atoms with Crippen molar-refractivity contribution in [3.63, 3.8) is 0 Å². The lowest BCUT2D eigenvalue weighted by Gasteiger charge is -2.33. The minimum atomic E-state index is -3.40. The van der Waals surface area contributed by atoms with Crippen LogP contribution < -0.4 is 5.32 Å². The predicted molar refractivity (Wildman–Crippen MR) is 99.1 cm³/mol. The second-order valence-corrected chi connectivity index (χ2v) is 8.96. The largest absolute Gasteiger partial charge is 0.309 e. The van der Waals surface area contributed by atoms with E-state index in [9.17, 15) is 8.42 Å². The van der Waals surface area contributed by atoms with Crippen LogP contribution in [0.1, 0.15) is 17.0 Å². The van der Waals surface area contributed by atoms with Gasteiger partial charge in [0.05, 0.1) is 22.8 Å². The third-order valence-corrected chi connectivity index (χ3v) is 7.01. The molecule has 2 aromatic rings. The van der Waals surface area contributed by atoms with Crippen molar-refractivity contribution < 1.29 is 8.42 Å². The summed E-state index contributed by atoms with van der Waals surface area (Å²) < 4.78 is 29.2. The van der Waals surface area contributed by atoms with E-state index in [-0.39, 0.29) is 0 Å². The molecular formula is C18H25N5O2S. The summed E-state index contributed by atoms with van der Waals surface area (Å²) >= 11 is 0. The van der Waals surface area contributed by atoms with Crippen LogP contribution in [0.4, 0.5) is 0 Å². The molecule has 1 saturated heterocycles. The molecule has 0 aliphatic carbocycles. The van der Waals surface area contributed by atoms with Gasteiger partial charge in [-0.05, 0) is 25.1 Å². The molecule has 0 saturated carbocycles. The van der Waals surface area contributed by atoms with Gasteiger partial charge < -0.3 is 5.32 Å². The first-order chi connectivity index (χ1) is 12.5. The molecule has 7 nitrogen and oxygen atoms in total. The van der Waals surface area contributed by atoms with E-state index in [4.69, 9.17) is 0 Å². The molecule has 26 heavy (non-hydrogen) atoms. The van der Waals surface area contributed by atoms with Crippen molar-refractivity contribution in [3.05, 3.63) is 47.3 Å². The van der Waals surface area contributed by atoms with Gasteiger partial charge in [-0.25, -0.2) is 8.42 Å². The first-order valence-electron chi connectivity index (χ1n) is 9.08. The van der Waals surface area contributed by atoms with Crippen molar-refractivity contribution in [2.75, 3.05) is 32.7 Å². The standard InChI is InChI=1S/C18H25N5O2S/c1-15-2-4-18(5-3-15)26(24,25)22-10-8-21(9-11-22)14-16-12-17-13-19-6-7-23(17)20-16/h2-5,12,19H,6-11,13-14H2,1H3. The number of aromatic nitrogens is 2. The zero-order valence-electron chi connectivity index (χ0n) is 15.1. The zero-order chi connectivity index (χ0) is 18.1. The summed E-state index contributed by atoms with van der Waals surface area (Å²) in [5.74, 6) is 0. The van der Waals surface area contributed by atoms with Gasteiger partial charge >= 0.3 is 0 Å². The molecule has 0 amide bonds. The topological polar surface area (TPSA) is 70.5 Å². The Kier molecular flexibility index (Phi) is 4.83. The van der Waals surface area contributed by atoms with Crippen LogP contribution in [0.15, 0.2) is 35.2 Å². The lowest BCUT2D eigenvalue weighted by atomic mass is 10.2. The molecule has 3 heterocycles. The van der Waals surface area contributed by atoms with Crippen LogP contribution in [0.2, 0.25) is 0 Å². The second kappa shape index (κ2) is 7.11. The van der Waals surface area contributed by atoms with Gasteiger partial charge in [0.1, 0.15) is 0 Å². The molecule has 140 valence electrons. The van der Waals surface area contributed by atoms with Crippen LogP contribution in [0.3, 0.4) is 0 Å². The number of nitrogens with zero attached hydrogens (tertiary/aromatic N) is 4. The number of hydrogen-bond acceptors (Lipinski definition) is 5. The van der Waals surface area contributed by atoms with E-state index < -0.39 is 10.0 Å². The van der Waals surface area contributed by atoms with Crippen molar-refractivity contribution >= 4 is 10.0 Å². The highest BCUT2D eigenvalue weighted by Gasteiger charge is 2.28. The minimum Gasteiger partial charge on any atom is -0.309 e. The molecule has 0 bridgehead atoms. The molecule has 1 aromatic carbocycles. The minimum absolute atomic E-state index is 0.380. The quantitative estimate of drug-likeness (QED) is 0.856. The van der Waals surface area contributed by atoms with Crippen LogP contribution in [-0.2, 0) is 29.7 Å². The highest BCUT2D eigenvalue weighted by Crippen LogP contribution is 2.19. The van der Waals surface area contributed by atoms with Gasteiger partial charge in [-0.2, -0.15) is 9.40 Å². The third-order valence-electron chi connectivity index (χ3n) is 5.10. The maximum absolute atomic E-state index is 12.8. The first-order valence-corrected chi connectivity index (χ1v) is 10.5. The summed E-state index contributed by atoms with van der Waals surface area (Å²) in [4.78, 5) is 2.66. The van der Waals surface area contributed by atoms with Crippen molar-refractivity contribution in [1.29, 1.82) is 0 Å². The fourth-order valence-electron chi connectivity index (χ4n) is 3.55. The molecule has 0 radical (unpaired) electrons. The van der Waals surface area contributed by atoms with E-state index >= 15 is 0 Å². The van der Waals surface area contributed by atoms with Crippen LogP contribution >= 0.6 is 0 Å². The van der Waals surface area contributed by atoms with Crippen LogP contribution in [0, 0.1) is 6.92 Å². The number of hydrogen-bond donors (Lipinski definition) is 1. The lowest BCUT2D eigenvalue weighted by molar-refractivity contribution is 0.179. The van der Waals surface area contributed by atoms with E-state index in [1.807, 2.05) is 19.1 Å². The number of rotatable bonds is 4. The van der Waals surface area contributed by atoms with E-state index in [2.05, 4.69) is 26.1 Å². The molecule has 2 aliphatic rings. The number of sulfonamides is 1. The van der Waals surface area contributed by atoms with Crippen molar-refractivity contribution in [2.45, 2.75) is 31.5 Å². The third kappa shape index (κ3) is 3.55. The van der Waals surface area contributed by atoms with Gasteiger partial charge in [0.2, 0.25) is 10.0 Å². The normalized spacial score (nSPS) is 19.4. The van der Waals surface area contributed by atoms with Crippen LogP contribution in [0.5, 0.6) is 0 Å². The van der Waals surface area contributed by atoms with Gasteiger partial charge in [-0.15, -0.1) is 0 Å². The number of nitrogens with one attached hydrogen (secondary N) is 1. The van der Waals surface area contributed by atoms with Crippen LogP contribution in [0.25, 0.3) is 0 Å². The summed E-state index contributed by atoms with van der Waals surface area (Å²) in [6, 6.07) is 9.24. The van der Waals surface area contributed by atoms with Gasteiger partial charge in [0.15, 0.2) is 0 Å². The van der Waals surface area contributed by atoms with E-state index in [1.54, 1.807) is 16.4 Å². The van der Waals surface area contributed by atoms with E-state index in [0.717, 1.165) is 50.5 Å². The molecule has 1 fully saturated rings. The summed E-state index contributed by atoms with van der Waals surface area (Å²) in [6.07, 6.45) is 0. The number of fused-ring (bicyclic) bond motifs is 1. The number of benzene rings is 1. The summed E-state index contributed by atoms with van der Waals surface area (Å²) in [6.45, 7) is 7.97. The second-order valence-electron chi connectivity index (χ2n) is 7.02. The predicted octanol–water partition coefficient (Wildman–Crippen LogP) is 0.801. The Morgan fingerprint density at radius 2 is 1.81 bits per heavy atom. The van der Waals surface area contributed by atoms with Gasteiger partial charge in [-0.1, -0.05) is 17.7 Å². The highest BCUT2D eigenvalue weighted by molar-refractivity contribution is 7.89. The fourth-order valence-corrected chi connectivity index (χ4v) is 4.97. The van der Waals surface area contributed by atoms with Crippen LogP contribution in [-0.4, -0.2) is 60.1 Å². The lowest BCUT2D eigenvalue weighted by Crippen LogP contribution is -2.48. The summed E-state index contributed by atoms with van der Waals surface area (Å²) in [7, 11) is -3.40. The Balaban J connectivity index is 1.38. The maximum Gasteiger partial charge on any atom is 0.243 e. The monoisotopic (exact) mass is 375 g/mol. The Morgan fingerprint density at radius 1 is 1.08 bits per heavy atom. The van der Waals surface area contributed by atoms with Gasteiger partial charge in [0, 0.05) is 45.8 Å². The fraction of sp³-hybridized carbons (Fsp3) is 0.500. The molecular weight excluding hydrogens is 350 g/mol. The Hall–Kier alpha value is -1.74. The smallest absolute Gasteiger partial charge is 0.243 e. The molecule has 0 unspecified atom stereocenters. The Bertz CT molecular complexity index is 844. The average molecular weight is 375 g/mol. The SMILES string of the molecule is Cc1ccc(S(=O)(=O)N2CCN(Cc3cc4n(n3)CCNC4)CC2)cc1. The van der Waals surface area contributed by atoms with Gasteiger partial charge in [0.25, 0.3) is 0 Å². The molecule has 2 aliphatic heterocycles. The van der Waals surface area contributed by atoms with Crippen molar-refractivity contribution in [1.82, 2.24) is 24.3 Å². The molecule has 1 aromatic heterocycles. The number of aryl methyl sites for hydroxylation is 1. The highest BCUT2D eigenvalue weighted by atomic mass is 32.2. The summed E-state index contributed by atoms with van der Waals surface area (Å²) in [5, 5.41) is 8.02. The first kappa shape index (κ1) is 17.7. The molecule has 1 N–H and O–H groups in total. The molecule has 0 spiro atoms. The van der Waals surface area contributed by atoms with Crippen molar-refractivity contribution in [2.24, 2.45) is 0 Å². The Morgan fingerprint density at radius 3 is 2.50 bits per heavy atom. The van der Waals surface area contributed by atoms with Gasteiger partial charge in [-0.3, -0.25) is 9.58 Å². The molecule has 4 rings (SSSR count). The van der Waals surface area contributed by atoms with E-state index in [0.29, 0.717) is 18.0 Å². The van der Waals surface area contributed by atoms with Crippen molar-refractivity contribution in [3.8, 4) is 0 Å².